The van der Waals surface area contributed by atoms with Gasteiger partial charge in [0, 0.05) is 44.9 Å². The van der Waals surface area contributed by atoms with E-state index in [2.05, 4.69) is 36.4 Å². The number of aryl methyl sites for hydroxylation is 1. The zero-order valence-corrected chi connectivity index (χ0v) is 14.4. The van der Waals surface area contributed by atoms with Gasteiger partial charge in [0.1, 0.15) is 5.82 Å². The second-order valence-electron chi connectivity index (χ2n) is 7.27. The summed E-state index contributed by atoms with van der Waals surface area (Å²) in [5, 5.41) is 0. The first-order valence-corrected chi connectivity index (χ1v) is 8.95. The lowest BCUT2D eigenvalue weighted by Crippen LogP contribution is -2.47. The standard InChI is InChI=1S/C18H26N6/c1-22-14-9-19-16(22)15-23-10-3-18(4-11-23)5-12-24(13-6-18)17-20-7-2-8-21-17/h2,7-9,14H,3-6,10-13,15H2,1H3. The van der Waals surface area contributed by atoms with Crippen LogP contribution in [-0.4, -0.2) is 50.6 Å². The first-order chi connectivity index (χ1) is 11.7. The molecule has 128 valence electrons. The molecule has 0 atom stereocenters. The molecule has 0 unspecified atom stereocenters. The van der Waals surface area contributed by atoms with Crippen LogP contribution in [0.25, 0.3) is 0 Å². The number of nitrogens with zero attached hydrogens (tertiary/aromatic N) is 6. The number of imidazole rings is 1. The van der Waals surface area contributed by atoms with Crippen LogP contribution in [0.15, 0.2) is 30.9 Å². The van der Waals surface area contributed by atoms with Gasteiger partial charge < -0.3 is 9.47 Å². The largest absolute Gasteiger partial charge is 0.341 e. The van der Waals surface area contributed by atoms with Gasteiger partial charge in [0.15, 0.2) is 0 Å². The molecule has 0 bridgehead atoms. The normalized spacial score (nSPS) is 21.3. The quantitative estimate of drug-likeness (QED) is 0.864. The predicted octanol–water partition coefficient (Wildman–Crippen LogP) is 2.09. The number of piperidine rings is 2. The lowest BCUT2D eigenvalue weighted by molar-refractivity contribution is 0.0737. The smallest absolute Gasteiger partial charge is 0.225 e. The third-order valence-corrected chi connectivity index (χ3v) is 5.86. The predicted molar refractivity (Wildman–Crippen MR) is 93.6 cm³/mol. The van der Waals surface area contributed by atoms with E-state index in [-0.39, 0.29) is 0 Å². The van der Waals surface area contributed by atoms with Crippen molar-refractivity contribution in [1.29, 1.82) is 0 Å². The minimum absolute atomic E-state index is 0.531. The summed E-state index contributed by atoms with van der Waals surface area (Å²) in [5.74, 6) is 2.06. The summed E-state index contributed by atoms with van der Waals surface area (Å²) in [7, 11) is 2.08. The van der Waals surface area contributed by atoms with Gasteiger partial charge in [-0.3, -0.25) is 4.90 Å². The summed E-state index contributed by atoms with van der Waals surface area (Å²) in [6.45, 7) is 5.53. The Morgan fingerprint density at radius 3 is 2.21 bits per heavy atom. The van der Waals surface area contributed by atoms with E-state index >= 15 is 0 Å². The van der Waals surface area contributed by atoms with Crippen molar-refractivity contribution in [1.82, 2.24) is 24.4 Å². The van der Waals surface area contributed by atoms with Gasteiger partial charge in [0.25, 0.3) is 0 Å². The summed E-state index contributed by atoms with van der Waals surface area (Å²) >= 11 is 0. The van der Waals surface area contributed by atoms with E-state index in [4.69, 9.17) is 0 Å². The number of hydrogen-bond donors (Lipinski definition) is 0. The molecular weight excluding hydrogens is 300 g/mol. The molecule has 4 heterocycles. The second-order valence-corrected chi connectivity index (χ2v) is 7.27. The topological polar surface area (TPSA) is 50.1 Å². The number of anilines is 1. The fraction of sp³-hybridized carbons (Fsp3) is 0.611. The Balaban J connectivity index is 1.31. The zero-order valence-electron chi connectivity index (χ0n) is 14.4. The van der Waals surface area contributed by atoms with Crippen LogP contribution in [-0.2, 0) is 13.6 Å². The van der Waals surface area contributed by atoms with Crippen LogP contribution >= 0.6 is 0 Å². The first kappa shape index (κ1) is 15.6. The van der Waals surface area contributed by atoms with Crippen LogP contribution in [0.4, 0.5) is 5.95 Å². The van der Waals surface area contributed by atoms with Crippen molar-refractivity contribution >= 4 is 5.95 Å². The van der Waals surface area contributed by atoms with Gasteiger partial charge in [0.2, 0.25) is 5.95 Å². The van der Waals surface area contributed by atoms with Gasteiger partial charge in [-0.25, -0.2) is 15.0 Å². The Morgan fingerprint density at radius 1 is 0.917 bits per heavy atom. The number of hydrogen-bond acceptors (Lipinski definition) is 5. The highest BCUT2D eigenvalue weighted by atomic mass is 15.3. The Labute approximate surface area is 143 Å². The maximum absolute atomic E-state index is 4.46. The van der Waals surface area contributed by atoms with Crippen molar-refractivity contribution in [2.75, 3.05) is 31.1 Å². The lowest BCUT2D eigenvalue weighted by atomic mass is 9.71. The molecule has 0 amide bonds. The number of aromatic nitrogens is 4. The Morgan fingerprint density at radius 2 is 1.58 bits per heavy atom. The molecule has 4 rings (SSSR count). The molecule has 0 aliphatic carbocycles. The minimum atomic E-state index is 0.531. The molecule has 2 aromatic heterocycles. The monoisotopic (exact) mass is 326 g/mol. The molecule has 6 nitrogen and oxygen atoms in total. The summed E-state index contributed by atoms with van der Waals surface area (Å²) in [5.41, 5.74) is 0.531. The van der Waals surface area contributed by atoms with Crippen LogP contribution in [0.1, 0.15) is 31.5 Å². The van der Waals surface area contributed by atoms with Gasteiger partial charge >= 0.3 is 0 Å². The van der Waals surface area contributed by atoms with Crippen molar-refractivity contribution < 1.29 is 0 Å². The van der Waals surface area contributed by atoms with Gasteiger partial charge in [-0.1, -0.05) is 0 Å². The molecule has 2 fully saturated rings. The van der Waals surface area contributed by atoms with Gasteiger partial charge in [-0.2, -0.15) is 0 Å². The van der Waals surface area contributed by atoms with Crippen molar-refractivity contribution in [3.05, 3.63) is 36.7 Å². The van der Waals surface area contributed by atoms with Crippen LogP contribution in [0, 0.1) is 5.41 Å². The van der Waals surface area contributed by atoms with Crippen molar-refractivity contribution in [3.8, 4) is 0 Å². The molecule has 1 spiro atoms. The molecule has 0 N–H and O–H groups in total. The molecule has 0 radical (unpaired) electrons. The molecule has 24 heavy (non-hydrogen) atoms. The second kappa shape index (κ2) is 6.51. The fourth-order valence-corrected chi connectivity index (χ4v) is 4.07. The van der Waals surface area contributed by atoms with E-state index in [0.29, 0.717) is 5.41 Å². The number of rotatable bonds is 3. The Kier molecular flexibility index (Phi) is 4.22. The van der Waals surface area contributed by atoms with Crippen LogP contribution in [0.2, 0.25) is 0 Å². The summed E-state index contributed by atoms with van der Waals surface area (Å²) < 4.78 is 2.13. The van der Waals surface area contributed by atoms with Gasteiger partial charge in [0.05, 0.1) is 6.54 Å². The van der Waals surface area contributed by atoms with Crippen molar-refractivity contribution in [3.63, 3.8) is 0 Å². The van der Waals surface area contributed by atoms with Crippen LogP contribution in [0.5, 0.6) is 0 Å². The highest BCUT2D eigenvalue weighted by Crippen LogP contribution is 2.41. The van der Waals surface area contributed by atoms with Crippen LogP contribution in [0.3, 0.4) is 0 Å². The highest BCUT2D eigenvalue weighted by Gasteiger charge is 2.38. The molecule has 2 aliphatic heterocycles. The van der Waals surface area contributed by atoms with Crippen LogP contribution < -0.4 is 4.90 Å². The third kappa shape index (κ3) is 3.15. The molecule has 2 saturated heterocycles. The summed E-state index contributed by atoms with van der Waals surface area (Å²) in [4.78, 5) is 18.1. The SMILES string of the molecule is Cn1ccnc1CN1CCC2(CC1)CCN(c1ncccn1)CC2. The van der Waals surface area contributed by atoms with E-state index in [1.807, 2.05) is 30.9 Å². The first-order valence-electron chi connectivity index (χ1n) is 8.95. The molecule has 2 aromatic rings. The highest BCUT2D eigenvalue weighted by molar-refractivity contribution is 5.29. The van der Waals surface area contributed by atoms with E-state index in [9.17, 15) is 0 Å². The van der Waals surface area contributed by atoms with E-state index in [1.165, 1.54) is 44.6 Å². The maximum Gasteiger partial charge on any atom is 0.225 e. The Hall–Kier alpha value is -1.95. The van der Waals surface area contributed by atoms with E-state index in [1.54, 1.807) is 0 Å². The van der Waals surface area contributed by atoms with E-state index < -0.39 is 0 Å². The third-order valence-electron chi connectivity index (χ3n) is 5.86. The molecule has 0 aromatic carbocycles. The number of likely N-dealkylation sites (tertiary alicyclic amines) is 1. The summed E-state index contributed by atoms with van der Waals surface area (Å²) in [6.07, 6.45) is 12.7. The molecule has 6 heteroatoms. The Bertz CT molecular complexity index is 649. The molecular formula is C18H26N6. The zero-order chi connectivity index (χ0) is 16.4. The average molecular weight is 326 g/mol. The maximum atomic E-state index is 4.46. The summed E-state index contributed by atoms with van der Waals surface area (Å²) in [6, 6.07) is 1.88. The van der Waals surface area contributed by atoms with Crippen molar-refractivity contribution in [2.24, 2.45) is 12.5 Å². The van der Waals surface area contributed by atoms with Crippen molar-refractivity contribution in [2.45, 2.75) is 32.2 Å². The fourth-order valence-electron chi connectivity index (χ4n) is 4.07. The molecule has 0 saturated carbocycles. The van der Waals surface area contributed by atoms with Gasteiger partial charge in [-0.05, 0) is 50.3 Å². The lowest BCUT2D eigenvalue weighted by Gasteiger charge is -2.46. The van der Waals surface area contributed by atoms with E-state index in [0.717, 1.165) is 25.6 Å². The molecule has 2 aliphatic rings. The van der Waals surface area contributed by atoms with Gasteiger partial charge in [-0.15, -0.1) is 0 Å². The minimum Gasteiger partial charge on any atom is -0.341 e. The average Bonchev–Trinajstić information content (AvgIpc) is 3.03.